The molecule has 0 bridgehead atoms. The summed E-state index contributed by atoms with van der Waals surface area (Å²) in [6.45, 7) is 0.305. The number of benzene rings is 3. The van der Waals surface area contributed by atoms with Crippen LogP contribution in [0.5, 0.6) is 5.75 Å². The van der Waals surface area contributed by atoms with Crippen molar-refractivity contribution in [3.05, 3.63) is 84.2 Å². The van der Waals surface area contributed by atoms with Gasteiger partial charge in [-0.3, -0.25) is 9.48 Å². The summed E-state index contributed by atoms with van der Waals surface area (Å²) in [5.74, 6) is 0.224. The molecule has 7 heteroatoms. The molecule has 3 aromatic carbocycles. The molecule has 0 unspecified atom stereocenters. The highest BCUT2D eigenvalue weighted by Gasteiger charge is 2.23. The van der Waals surface area contributed by atoms with E-state index in [9.17, 15) is 9.90 Å². The first kappa shape index (κ1) is 23.0. The number of nitrogen functional groups attached to an aromatic ring is 1. The Morgan fingerprint density at radius 3 is 2.68 bits per heavy atom. The molecule has 7 nitrogen and oxygen atoms in total. The molecule has 1 saturated carbocycles. The fourth-order valence-corrected chi connectivity index (χ4v) is 5.50. The maximum atomic E-state index is 11.4. The number of aliphatic carboxylic acids is 1. The van der Waals surface area contributed by atoms with E-state index in [2.05, 4.69) is 33.9 Å². The Morgan fingerprint density at radius 2 is 1.84 bits per heavy atom. The highest BCUT2D eigenvalue weighted by Crippen LogP contribution is 2.36. The zero-order valence-electron chi connectivity index (χ0n) is 20.4. The number of hydrogen-bond donors (Lipinski definition) is 2. The summed E-state index contributed by atoms with van der Waals surface area (Å²) in [7, 11) is 0. The van der Waals surface area contributed by atoms with Crippen molar-refractivity contribution in [2.45, 2.75) is 44.8 Å². The number of fused-ring (bicyclic) bond motifs is 2. The molecule has 0 atom stereocenters. The van der Waals surface area contributed by atoms with Gasteiger partial charge in [-0.2, -0.15) is 5.10 Å². The lowest BCUT2D eigenvalue weighted by atomic mass is 9.97. The molecular formula is C30H28N4O3. The Hall–Kier alpha value is -4.39. The zero-order chi connectivity index (χ0) is 25.4. The van der Waals surface area contributed by atoms with Crippen molar-refractivity contribution >= 4 is 33.5 Å². The minimum Gasteiger partial charge on any atom is -0.487 e. The summed E-state index contributed by atoms with van der Waals surface area (Å²) in [5, 5.41) is 17.3. The number of anilines is 1. The van der Waals surface area contributed by atoms with Gasteiger partial charge in [-0.05, 0) is 53.6 Å². The first-order valence-corrected chi connectivity index (χ1v) is 12.7. The summed E-state index contributed by atoms with van der Waals surface area (Å²) in [6.07, 6.45) is 6.24. The van der Waals surface area contributed by atoms with Crippen LogP contribution in [0.4, 0.5) is 5.82 Å². The van der Waals surface area contributed by atoms with Crippen LogP contribution < -0.4 is 10.5 Å². The Kier molecular flexibility index (Phi) is 5.96. The van der Waals surface area contributed by atoms with Crippen molar-refractivity contribution in [3.8, 4) is 16.9 Å². The third-order valence-corrected chi connectivity index (χ3v) is 7.30. The van der Waals surface area contributed by atoms with Crippen LogP contribution in [0, 0.1) is 0 Å². The number of carbonyl (C=O) groups is 1. The van der Waals surface area contributed by atoms with E-state index in [1.165, 1.54) is 12.8 Å². The lowest BCUT2D eigenvalue weighted by Gasteiger charge is -2.16. The highest BCUT2D eigenvalue weighted by atomic mass is 16.5. The van der Waals surface area contributed by atoms with Gasteiger partial charge in [0.2, 0.25) is 0 Å². The smallest absolute Gasteiger partial charge is 0.307 e. The third-order valence-electron chi connectivity index (χ3n) is 7.30. The molecular weight excluding hydrogens is 464 g/mol. The molecule has 0 amide bonds. The number of nitrogens with zero attached hydrogens (tertiary/aromatic N) is 3. The number of hydrogen-bond acceptors (Lipinski definition) is 5. The Labute approximate surface area is 214 Å². The molecule has 0 spiro atoms. The average Bonchev–Trinajstić information content (AvgIpc) is 3.56. The predicted octanol–water partition coefficient (Wildman–Crippen LogP) is 6.15. The van der Waals surface area contributed by atoms with Crippen molar-refractivity contribution in [1.82, 2.24) is 14.8 Å². The quantitative estimate of drug-likeness (QED) is 0.282. The molecule has 3 N–H and O–H groups in total. The first-order chi connectivity index (χ1) is 18.1. The summed E-state index contributed by atoms with van der Waals surface area (Å²) in [5.41, 5.74) is 10.9. The van der Waals surface area contributed by atoms with E-state index < -0.39 is 5.97 Å². The molecule has 1 aliphatic rings. The standard InChI is InChI=1S/C30H28N4O3/c31-30-24-10-5-9-22(23(24)14-15-32-30)19-12-13-26-25(16-19)27(34(33-26)21-7-2-3-8-21)18-37-28-11-4-1-6-20(28)17-29(35)36/h1,4-6,9-16,21H,2-3,7-8,17-18H2,(H2,31,32)(H,35,36). The highest BCUT2D eigenvalue weighted by molar-refractivity contribution is 6.02. The fourth-order valence-electron chi connectivity index (χ4n) is 5.50. The summed E-state index contributed by atoms with van der Waals surface area (Å²) in [4.78, 5) is 15.6. The Balaban J connectivity index is 1.44. The van der Waals surface area contributed by atoms with Gasteiger partial charge < -0.3 is 15.6 Å². The summed E-state index contributed by atoms with van der Waals surface area (Å²) < 4.78 is 8.42. The Bertz CT molecular complexity index is 1620. The normalized spacial score (nSPS) is 13.9. The second-order valence-electron chi connectivity index (χ2n) is 9.63. The van der Waals surface area contributed by atoms with Gasteiger partial charge in [0.05, 0.1) is 23.7 Å². The van der Waals surface area contributed by atoms with Crippen LogP contribution >= 0.6 is 0 Å². The average molecular weight is 493 g/mol. The number of ether oxygens (including phenoxy) is 1. The van der Waals surface area contributed by atoms with Gasteiger partial charge in [0, 0.05) is 22.5 Å². The third kappa shape index (κ3) is 4.37. The SMILES string of the molecule is Nc1nccc2c(-c3ccc4nn(C5CCCC5)c(COc5ccccc5CC(=O)O)c4c3)cccc12. The maximum absolute atomic E-state index is 11.4. The van der Waals surface area contributed by atoms with Crippen LogP contribution in [0.2, 0.25) is 0 Å². The van der Waals surface area contributed by atoms with Gasteiger partial charge in [0.15, 0.2) is 0 Å². The van der Waals surface area contributed by atoms with Gasteiger partial charge in [0.1, 0.15) is 18.2 Å². The van der Waals surface area contributed by atoms with Crippen molar-refractivity contribution in [2.24, 2.45) is 0 Å². The summed E-state index contributed by atoms with van der Waals surface area (Å²) >= 11 is 0. The van der Waals surface area contributed by atoms with Crippen LogP contribution in [-0.4, -0.2) is 25.8 Å². The van der Waals surface area contributed by atoms with Gasteiger partial charge in [0.25, 0.3) is 0 Å². The Morgan fingerprint density at radius 1 is 1.00 bits per heavy atom. The van der Waals surface area contributed by atoms with Crippen LogP contribution in [0.3, 0.4) is 0 Å². The number of para-hydroxylation sites is 1. The van der Waals surface area contributed by atoms with Crippen LogP contribution in [0.1, 0.15) is 43.0 Å². The number of carboxylic acids is 1. The largest absolute Gasteiger partial charge is 0.487 e. The maximum Gasteiger partial charge on any atom is 0.307 e. The molecule has 2 heterocycles. The lowest BCUT2D eigenvalue weighted by molar-refractivity contribution is -0.136. The van der Waals surface area contributed by atoms with E-state index in [-0.39, 0.29) is 6.42 Å². The van der Waals surface area contributed by atoms with Crippen molar-refractivity contribution in [1.29, 1.82) is 0 Å². The minimum absolute atomic E-state index is 0.0813. The van der Waals surface area contributed by atoms with E-state index in [1.807, 2.05) is 36.4 Å². The van der Waals surface area contributed by atoms with Crippen molar-refractivity contribution in [3.63, 3.8) is 0 Å². The monoisotopic (exact) mass is 492 g/mol. The van der Waals surface area contributed by atoms with Crippen LogP contribution in [0.25, 0.3) is 32.8 Å². The molecule has 0 saturated heterocycles. The lowest BCUT2D eigenvalue weighted by Crippen LogP contribution is -2.13. The second-order valence-corrected chi connectivity index (χ2v) is 9.63. The first-order valence-electron chi connectivity index (χ1n) is 12.7. The zero-order valence-corrected chi connectivity index (χ0v) is 20.4. The van der Waals surface area contributed by atoms with Gasteiger partial charge in [-0.25, -0.2) is 4.98 Å². The molecule has 1 aliphatic carbocycles. The summed E-state index contributed by atoms with van der Waals surface area (Å²) in [6, 6.07) is 22.1. The van der Waals surface area contributed by atoms with E-state index in [0.29, 0.717) is 29.8 Å². The minimum atomic E-state index is -0.881. The number of rotatable bonds is 7. The number of pyridine rings is 1. The van der Waals surface area contributed by atoms with E-state index >= 15 is 0 Å². The van der Waals surface area contributed by atoms with Gasteiger partial charge >= 0.3 is 5.97 Å². The van der Waals surface area contributed by atoms with Crippen molar-refractivity contribution < 1.29 is 14.6 Å². The molecule has 2 aromatic heterocycles. The molecule has 186 valence electrons. The molecule has 37 heavy (non-hydrogen) atoms. The van der Waals surface area contributed by atoms with Gasteiger partial charge in [-0.1, -0.05) is 55.3 Å². The number of aromatic nitrogens is 3. The number of nitrogens with two attached hydrogens (primary N) is 1. The molecule has 5 aromatic rings. The molecule has 1 fully saturated rings. The number of carboxylic acid groups (broad SMARTS) is 1. The molecule has 6 rings (SSSR count). The second kappa shape index (κ2) is 9.58. The molecule has 0 radical (unpaired) electrons. The fraction of sp³-hybridized carbons (Fsp3) is 0.233. The van der Waals surface area contributed by atoms with Crippen molar-refractivity contribution in [2.75, 3.05) is 5.73 Å². The topological polar surface area (TPSA) is 103 Å². The predicted molar refractivity (Wildman–Crippen MR) is 145 cm³/mol. The molecule has 0 aliphatic heterocycles. The van der Waals surface area contributed by atoms with Crippen LogP contribution in [0.15, 0.2) is 72.9 Å². The van der Waals surface area contributed by atoms with Gasteiger partial charge in [-0.15, -0.1) is 0 Å². The van der Waals surface area contributed by atoms with E-state index in [0.717, 1.165) is 51.3 Å². The van der Waals surface area contributed by atoms with Crippen LogP contribution in [-0.2, 0) is 17.8 Å². The van der Waals surface area contributed by atoms with E-state index in [4.69, 9.17) is 15.6 Å². The van der Waals surface area contributed by atoms with E-state index in [1.54, 1.807) is 12.3 Å².